The zero-order valence-electron chi connectivity index (χ0n) is 11.4. The van der Waals surface area contributed by atoms with Gasteiger partial charge in [0.25, 0.3) is 5.91 Å². The molecule has 0 saturated carbocycles. The number of benzene rings is 1. The molecule has 1 rings (SSSR count). The third kappa shape index (κ3) is 4.21. The van der Waals surface area contributed by atoms with Crippen molar-refractivity contribution in [3.63, 3.8) is 0 Å². The molecule has 1 aromatic rings. The second-order valence-electron chi connectivity index (χ2n) is 4.63. The van der Waals surface area contributed by atoms with Crippen LogP contribution in [0, 0.1) is 5.82 Å². The summed E-state index contributed by atoms with van der Waals surface area (Å²) < 4.78 is 51.2. The summed E-state index contributed by atoms with van der Waals surface area (Å²) >= 11 is 0. The summed E-state index contributed by atoms with van der Waals surface area (Å²) in [7, 11) is 1.46. The molecule has 20 heavy (non-hydrogen) atoms. The Hall–Kier alpha value is -1.59. The number of halogens is 4. The first-order valence-corrected chi connectivity index (χ1v) is 6.39. The Bertz CT molecular complexity index is 471. The number of rotatable bonds is 5. The topological polar surface area (TPSA) is 20.3 Å². The molecule has 0 aliphatic rings. The van der Waals surface area contributed by atoms with Gasteiger partial charge in [0.05, 0.1) is 11.1 Å². The van der Waals surface area contributed by atoms with Gasteiger partial charge in [-0.2, -0.15) is 13.2 Å². The maximum atomic E-state index is 13.5. The summed E-state index contributed by atoms with van der Waals surface area (Å²) in [5.74, 6) is -1.67. The Labute approximate surface area is 115 Å². The van der Waals surface area contributed by atoms with E-state index in [1.54, 1.807) is 0 Å². The first-order valence-electron chi connectivity index (χ1n) is 6.39. The van der Waals surface area contributed by atoms with Crippen molar-refractivity contribution in [1.29, 1.82) is 0 Å². The van der Waals surface area contributed by atoms with E-state index >= 15 is 0 Å². The van der Waals surface area contributed by atoms with Crippen LogP contribution in [0.4, 0.5) is 17.6 Å². The Morgan fingerprint density at radius 3 is 2.45 bits per heavy atom. The van der Waals surface area contributed by atoms with Gasteiger partial charge >= 0.3 is 6.18 Å². The number of alkyl halides is 3. The van der Waals surface area contributed by atoms with Gasteiger partial charge < -0.3 is 4.90 Å². The van der Waals surface area contributed by atoms with Crippen LogP contribution in [-0.4, -0.2) is 24.4 Å². The fourth-order valence-corrected chi connectivity index (χ4v) is 1.77. The Balaban J connectivity index is 2.92. The van der Waals surface area contributed by atoms with Crippen molar-refractivity contribution in [2.45, 2.75) is 32.4 Å². The Morgan fingerprint density at radius 1 is 1.25 bits per heavy atom. The summed E-state index contributed by atoms with van der Waals surface area (Å²) in [4.78, 5) is 13.2. The van der Waals surface area contributed by atoms with Crippen LogP contribution in [0.1, 0.15) is 42.1 Å². The quantitative estimate of drug-likeness (QED) is 0.590. The minimum absolute atomic E-state index is 0.391. The fraction of sp³-hybridized carbons (Fsp3) is 0.500. The molecule has 112 valence electrons. The molecule has 0 saturated heterocycles. The van der Waals surface area contributed by atoms with Crippen molar-refractivity contribution in [3.05, 3.63) is 35.1 Å². The van der Waals surface area contributed by atoms with Crippen molar-refractivity contribution in [2.24, 2.45) is 0 Å². The van der Waals surface area contributed by atoms with Gasteiger partial charge in [0.15, 0.2) is 0 Å². The summed E-state index contributed by atoms with van der Waals surface area (Å²) in [6.07, 6.45) is -1.99. The van der Waals surface area contributed by atoms with Gasteiger partial charge in [0.2, 0.25) is 0 Å². The van der Waals surface area contributed by atoms with Crippen molar-refractivity contribution >= 4 is 5.91 Å². The van der Waals surface area contributed by atoms with Crippen LogP contribution in [0.15, 0.2) is 18.2 Å². The van der Waals surface area contributed by atoms with E-state index in [2.05, 4.69) is 0 Å². The van der Waals surface area contributed by atoms with E-state index in [-0.39, 0.29) is 0 Å². The Morgan fingerprint density at radius 2 is 1.90 bits per heavy atom. The predicted molar refractivity (Wildman–Crippen MR) is 67.9 cm³/mol. The number of unbranched alkanes of at least 4 members (excludes halogenated alkanes) is 2. The first kappa shape index (κ1) is 16.5. The van der Waals surface area contributed by atoms with Crippen molar-refractivity contribution in [1.82, 2.24) is 4.90 Å². The molecular formula is C14H17F4NO. The van der Waals surface area contributed by atoms with E-state index in [4.69, 9.17) is 0 Å². The van der Waals surface area contributed by atoms with Gasteiger partial charge in [-0.15, -0.1) is 0 Å². The maximum Gasteiger partial charge on any atom is 0.416 e. The van der Waals surface area contributed by atoms with Gasteiger partial charge in [-0.25, -0.2) is 4.39 Å². The summed E-state index contributed by atoms with van der Waals surface area (Å²) in [5, 5.41) is 0. The smallest absolute Gasteiger partial charge is 0.342 e. The first-order chi connectivity index (χ1) is 9.27. The van der Waals surface area contributed by atoms with E-state index < -0.39 is 29.0 Å². The van der Waals surface area contributed by atoms with Crippen LogP contribution in [0.25, 0.3) is 0 Å². The molecule has 0 N–H and O–H groups in total. The lowest BCUT2D eigenvalue weighted by Gasteiger charge is -2.18. The molecule has 0 bridgehead atoms. The summed E-state index contributed by atoms with van der Waals surface area (Å²) in [5.41, 5.74) is -1.57. The normalized spacial score (nSPS) is 11.5. The van der Waals surface area contributed by atoms with Crippen molar-refractivity contribution < 1.29 is 22.4 Å². The van der Waals surface area contributed by atoms with E-state index in [9.17, 15) is 22.4 Å². The van der Waals surface area contributed by atoms with Gasteiger partial charge in [0, 0.05) is 13.6 Å². The van der Waals surface area contributed by atoms with Crippen molar-refractivity contribution in [2.75, 3.05) is 13.6 Å². The zero-order chi connectivity index (χ0) is 15.3. The minimum atomic E-state index is -4.59. The summed E-state index contributed by atoms with van der Waals surface area (Å²) in [6, 6.07) is 1.87. The summed E-state index contributed by atoms with van der Waals surface area (Å²) in [6.45, 7) is 2.39. The minimum Gasteiger partial charge on any atom is -0.342 e. The van der Waals surface area contributed by atoms with Crippen LogP contribution in [0.2, 0.25) is 0 Å². The maximum absolute atomic E-state index is 13.5. The van der Waals surface area contributed by atoms with Gasteiger partial charge in [-0.05, 0) is 24.6 Å². The molecule has 0 unspecified atom stereocenters. The Kier molecular flexibility index (Phi) is 5.53. The van der Waals surface area contributed by atoms with Gasteiger partial charge in [-0.3, -0.25) is 4.79 Å². The number of amides is 1. The zero-order valence-corrected chi connectivity index (χ0v) is 11.4. The van der Waals surface area contributed by atoms with Crippen LogP contribution in [0.5, 0.6) is 0 Å². The number of nitrogens with zero attached hydrogens (tertiary/aromatic N) is 1. The second kappa shape index (κ2) is 6.72. The monoisotopic (exact) mass is 291 g/mol. The van der Waals surface area contributed by atoms with Crippen LogP contribution < -0.4 is 0 Å². The van der Waals surface area contributed by atoms with E-state index in [1.807, 2.05) is 6.92 Å². The van der Waals surface area contributed by atoms with Gasteiger partial charge in [0.1, 0.15) is 5.82 Å². The molecule has 0 aromatic heterocycles. The van der Waals surface area contributed by atoms with Crippen LogP contribution in [-0.2, 0) is 6.18 Å². The number of hydrogen-bond acceptors (Lipinski definition) is 1. The highest BCUT2D eigenvalue weighted by molar-refractivity contribution is 5.94. The molecule has 0 spiro atoms. The lowest BCUT2D eigenvalue weighted by atomic mass is 10.1. The average molecular weight is 291 g/mol. The standard InChI is InChI=1S/C14H17F4NO/c1-3-4-5-8-19(2)13(20)11-9-10(14(16,17)18)6-7-12(11)15/h6-7,9H,3-5,8H2,1-2H3. The lowest BCUT2D eigenvalue weighted by Crippen LogP contribution is -2.28. The third-order valence-corrected chi connectivity index (χ3v) is 2.97. The van der Waals surface area contributed by atoms with Gasteiger partial charge in [-0.1, -0.05) is 19.8 Å². The average Bonchev–Trinajstić information content (AvgIpc) is 2.37. The van der Waals surface area contributed by atoms with E-state index in [1.165, 1.54) is 11.9 Å². The molecule has 6 heteroatoms. The molecule has 1 amide bonds. The third-order valence-electron chi connectivity index (χ3n) is 2.97. The predicted octanol–water partition coefficient (Wildman–Crippen LogP) is 4.11. The number of hydrogen-bond donors (Lipinski definition) is 0. The SMILES string of the molecule is CCCCCN(C)C(=O)c1cc(C(F)(F)F)ccc1F. The molecule has 1 aromatic carbocycles. The molecule has 0 aliphatic carbocycles. The second-order valence-corrected chi connectivity index (χ2v) is 4.63. The van der Waals surface area contributed by atoms with E-state index in [0.717, 1.165) is 19.3 Å². The molecule has 0 radical (unpaired) electrons. The number of carbonyl (C=O) groups excluding carboxylic acids is 1. The van der Waals surface area contributed by atoms with Crippen LogP contribution in [0.3, 0.4) is 0 Å². The highest BCUT2D eigenvalue weighted by Gasteiger charge is 2.32. The fourth-order valence-electron chi connectivity index (χ4n) is 1.77. The molecule has 2 nitrogen and oxygen atoms in total. The highest BCUT2D eigenvalue weighted by Crippen LogP contribution is 2.30. The van der Waals surface area contributed by atoms with Crippen molar-refractivity contribution in [3.8, 4) is 0 Å². The molecule has 0 atom stereocenters. The van der Waals surface area contributed by atoms with Crippen LogP contribution >= 0.6 is 0 Å². The largest absolute Gasteiger partial charge is 0.416 e. The number of carbonyl (C=O) groups is 1. The molecule has 0 fully saturated rings. The molecule has 0 aliphatic heterocycles. The lowest BCUT2D eigenvalue weighted by molar-refractivity contribution is -0.137. The molecule has 0 heterocycles. The van der Waals surface area contributed by atoms with E-state index in [0.29, 0.717) is 24.7 Å². The highest BCUT2D eigenvalue weighted by atomic mass is 19.4. The molecular weight excluding hydrogens is 274 g/mol.